The second-order valence-corrected chi connectivity index (χ2v) is 4.46. The molecule has 2 aromatic rings. The summed E-state index contributed by atoms with van der Waals surface area (Å²) in [7, 11) is 1.71. The van der Waals surface area contributed by atoms with Crippen LogP contribution in [0.5, 0.6) is 0 Å². The fourth-order valence-corrected chi connectivity index (χ4v) is 1.88. The molecule has 1 aromatic carbocycles. The first-order valence-electron chi connectivity index (χ1n) is 6.38. The number of nitriles is 1. The van der Waals surface area contributed by atoms with Gasteiger partial charge in [0.05, 0.1) is 11.1 Å². The molecule has 0 atom stereocenters. The molecule has 0 unspecified atom stereocenters. The van der Waals surface area contributed by atoms with Gasteiger partial charge in [0.2, 0.25) is 0 Å². The van der Waals surface area contributed by atoms with Gasteiger partial charge in [-0.15, -0.1) is 0 Å². The number of carbonyl (C=O) groups is 1. The molecular formula is C16H15N3O. The van der Waals surface area contributed by atoms with Crippen LogP contribution >= 0.6 is 0 Å². The summed E-state index contributed by atoms with van der Waals surface area (Å²) in [6.07, 6.45) is 3.87. The lowest BCUT2D eigenvalue weighted by Gasteiger charge is -2.17. The van der Waals surface area contributed by atoms with E-state index in [0.29, 0.717) is 11.1 Å². The minimum absolute atomic E-state index is 0.182. The Hall–Kier alpha value is -2.67. The fraction of sp³-hybridized carbons (Fsp3) is 0.188. The molecule has 0 saturated carbocycles. The zero-order valence-electron chi connectivity index (χ0n) is 11.5. The zero-order chi connectivity index (χ0) is 14.5. The van der Waals surface area contributed by atoms with Crippen molar-refractivity contribution in [3.8, 4) is 6.07 Å². The molecule has 100 valence electrons. The van der Waals surface area contributed by atoms with Gasteiger partial charge in [-0.2, -0.15) is 5.26 Å². The number of anilines is 1. The van der Waals surface area contributed by atoms with Gasteiger partial charge in [0, 0.05) is 25.1 Å². The quantitative estimate of drug-likeness (QED) is 0.857. The number of aromatic nitrogens is 1. The van der Waals surface area contributed by atoms with E-state index >= 15 is 0 Å². The van der Waals surface area contributed by atoms with Crippen molar-refractivity contribution in [3.05, 3.63) is 59.4 Å². The van der Waals surface area contributed by atoms with Crippen LogP contribution in [-0.4, -0.2) is 17.9 Å². The highest BCUT2D eigenvalue weighted by atomic mass is 16.2. The largest absolute Gasteiger partial charge is 0.311 e. The van der Waals surface area contributed by atoms with Gasteiger partial charge in [0.1, 0.15) is 6.07 Å². The number of aryl methyl sites for hydroxylation is 1. The molecule has 0 fully saturated rings. The molecule has 1 heterocycles. The van der Waals surface area contributed by atoms with E-state index in [9.17, 15) is 4.79 Å². The average Bonchev–Trinajstić information content (AvgIpc) is 2.53. The molecule has 20 heavy (non-hydrogen) atoms. The first-order chi connectivity index (χ1) is 9.65. The maximum absolute atomic E-state index is 12.3. The lowest BCUT2D eigenvalue weighted by molar-refractivity contribution is 0.0992. The highest BCUT2D eigenvalue weighted by molar-refractivity contribution is 6.05. The molecule has 4 heteroatoms. The van der Waals surface area contributed by atoms with Crippen LogP contribution in [0.4, 0.5) is 5.69 Å². The number of hydrogen-bond acceptors (Lipinski definition) is 3. The first kappa shape index (κ1) is 13.8. The minimum Gasteiger partial charge on any atom is -0.311 e. The van der Waals surface area contributed by atoms with Crippen LogP contribution in [0.2, 0.25) is 0 Å². The van der Waals surface area contributed by atoms with Crippen LogP contribution in [0.25, 0.3) is 0 Å². The molecular weight excluding hydrogens is 250 g/mol. The molecule has 1 amide bonds. The molecule has 4 nitrogen and oxygen atoms in total. The van der Waals surface area contributed by atoms with Crippen molar-refractivity contribution in [3.63, 3.8) is 0 Å². The van der Waals surface area contributed by atoms with Gasteiger partial charge in [0.25, 0.3) is 5.91 Å². The van der Waals surface area contributed by atoms with E-state index in [-0.39, 0.29) is 5.91 Å². The lowest BCUT2D eigenvalue weighted by atomic mass is 10.1. The zero-order valence-corrected chi connectivity index (χ0v) is 11.5. The number of nitrogens with zero attached hydrogens (tertiary/aromatic N) is 3. The van der Waals surface area contributed by atoms with Crippen molar-refractivity contribution in [2.24, 2.45) is 0 Å². The Morgan fingerprint density at radius 1 is 1.30 bits per heavy atom. The SMILES string of the molecule is CCc1ccc(N(C)C(=O)c2cncc(C#N)c2)cc1. The summed E-state index contributed by atoms with van der Waals surface area (Å²) in [6.45, 7) is 2.09. The molecule has 2 rings (SSSR count). The maximum atomic E-state index is 12.3. The Kier molecular flexibility index (Phi) is 4.11. The third-order valence-corrected chi connectivity index (χ3v) is 3.15. The van der Waals surface area contributed by atoms with Gasteiger partial charge in [-0.25, -0.2) is 0 Å². The van der Waals surface area contributed by atoms with Gasteiger partial charge in [-0.05, 0) is 30.2 Å². The van der Waals surface area contributed by atoms with E-state index < -0.39 is 0 Å². The molecule has 1 aromatic heterocycles. The average molecular weight is 265 g/mol. The van der Waals surface area contributed by atoms with E-state index in [2.05, 4.69) is 11.9 Å². The second kappa shape index (κ2) is 5.98. The van der Waals surface area contributed by atoms with E-state index in [1.807, 2.05) is 30.3 Å². The lowest BCUT2D eigenvalue weighted by Crippen LogP contribution is -2.26. The summed E-state index contributed by atoms with van der Waals surface area (Å²) in [6, 6.07) is 11.4. The monoisotopic (exact) mass is 265 g/mol. The first-order valence-corrected chi connectivity index (χ1v) is 6.38. The Morgan fingerprint density at radius 2 is 2.00 bits per heavy atom. The Bertz CT molecular complexity index is 656. The van der Waals surface area contributed by atoms with E-state index in [1.54, 1.807) is 18.0 Å². The van der Waals surface area contributed by atoms with Crippen molar-refractivity contribution < 1.29 is 4.79 Å². The summed E-state index contributed by atoms with van der Waals surface area (Å²) in [4.78, 5) is 17.8. The van der Waals surface area contributed by atoms with Crippen molar-refractivity contribution in [1.82, 2.24) is 4.98 Å². The number of carbonyl (C=O) groups excluding carboxylic acids is 1. The summed E-state index contributed by atoms with van der Waals surface area (Å²) in [5.41, 5.74) is 2.83. The second-order valence-electron chi connectivity index (χ2n) is 4.46. The predicted octanol–water partition coefficient (Wildman–Crippen LogP) is 2.79. The molecule has 0 N–H and O–H groups in total. The standard InChI is InChI=1S/C16H15N3O/c1-3-12-4-6-15(7-5-12)19(2)16(20)14-8-13(9-17)10-18-11-14/h4-8,10-11H,3H2,1-2H3. The maximum Gasteiger partial charge on any atom is 0.259 e. The molecule has 0 bridgehead atoms. The van der Waals surface area contributed by atoms with Crippen LogP contribution < -0.4 is 4.90 Å². The Labute approximate surface area is 118 Å². The van der Waals surface area contributed by atoms with Gasteiger partial charge in [-0.1, -0.05) is 19.1 Å². The van der Waals surface area contributed by atoms with Gasteiger partial charge in [-0.3, -0.25) is 9.78 Å². The topological polar surface area (TPSA) is 57.0 Å². The predicted molar refractivity (Wildman–Crippen MR) is 77.5 cm³/mol. The molecule has 0 saturated heterocycles. The number of amides is 1. The Balaban J connectivity index is 2.25. The van der Waals surface area contributed by atoms with Gasteiger partial charge in [0.15, 0.2) is 0 Å². The molecule has 0 radical (unpaired) electrons. The summed E-state index contributed by atoms with van der Waals surface area (Å²) < 4.78 is 0. The van der Waals surface area contributed by atoms with Crippen molar-refractivity contribution in [2.75, 3.05) is 11.9 Å². The molecule has 0 aliphatic rings. The minimum atomic E-state index is -0.182. The van der Waals surface area contributed by atoms with Crippen LogP contribution in [-0.2, 0) is 6.42 Å². The van der Waals surface area contributed by atoms with Gasteiger partial charge >= 0.3 is 0 Å². The summed E-state index contributed by atoms with van der Waals surface area (Å²) in [5.74, 6) is -0.182. The van der Waals surface area contributed by atoms with Crippen molar-refractivity contribution in [2.45, 2.75) is 13.3 Å². The number of benzene rings is 1. The normalized spacial score (nSPS) is 9.85. The van der Waals surface area contributed by atoms with Crippen molar-refractivity contribution in [1.29, 1.82) is 5.26 Å². The van der Waals surface area contributed by atoms with Crippen LogP contribution in [0.3, 0.4) is 0 Å². The van der Waals surface area contributed by atoms with E-state index in [1.165, 1.54) is 18.0 Å². The molecule has 0 spiro atoms. The molecule has 0 aliphatic carbocycles. The summed E-state index contributed by atoms with van der Waals surface area (Å²) >= 11 is 0. The number of pyridine rings is 1. The van der Waals surface area contributed by atoms with Crippen LogP contribution in [0.15, 0.2) is 42.7 Å². The highest BCUT2D eigenvalue weighted by Gasteiger charge is 2.14. The molecule has 0 aliphatic heterocycles. The third kappa shape index (κ3) is 2.83. The fourth-order valence-electron chi connectivity index (χ4n) is 1.88. The third-order valence-electron chi connectivity index (χ3n) is 3.15. The Morgan fingerprint density at radius 3 is 2.60 bits per heavy atom. The summed E-state index contributed by atoms with van der Waals surface area (Å²) in [5, 5.41) is 8.84. The van der Waals surface area contributed by atoms with E-state index in [4.69, 9.17) is 5.26 Å². The number of rotatable bonds is 3. The van der Waals surface area contributed by atoms with E-state index in [0.717, 1.165) is 12.1 Å². The smallest absolute Gasteiger partial charge is 0.259 e. The van der Waals surface area contributed by atoms with Gasteiger partial charge < -0.3 is 4.90 Å². The number of hydrogen-bond donors (Lipinski definition) is 0. The van der Waals surface area contributed by atoms with Crippen LogP contribution in [0, 0.1) is 11.3 Å². The highest BCUT2D eigenvalue weighted by Crippen LogP contribution is 2.17. The van der Waals surface area contributed by atoms with Crippen LogP contribution in [0.1, 0.15) is 28.4 Å². The van der Waals surface area contributed by atoms with Crippen molar-refractivity contribution >= 4 is 11.6 Å².